The summed E-state index contributed by atoms with van der Waals surface area (Å²) in [5, 5.41) is 0. The zero-order chi connectivity index (χ0) is 20.9. The van der Waals surface area contributed by atoms with E-state index in [1.54, 1.807) is 42.5 Å². The van der Waals surface area contributed by atoms with Gasteiger partial charge in [0.1, 0.15) is 17.2 Å². The van der Waals surface area contributed by atoms with Gasteiger partial charge in [-0.15, -0.1) is 0 Å². The third kappa shape index (κ3) is 7.29. The lowest BCUT2D eigenvalue weighted by Gasteiger charge is -2.11. The van der Waals surface area contributed by atoms with Gasteiger partial charge in [0.05, 0.1) is 18.8 Å². The number of hydrogen-bond acceptors (Lipinski definition) is 7. The minimum Gasteiger partial charge on any atom is -0.494 e. The summed E-state index contributed by atoms with van der Waals surface area (Å²) in [6.45, 7) is 3.66. The molecule has 7 heteroatoms. The van der Waals surface area contributed by atoms with Crippen molar-refractivity contribution in [3.8, 4) is 17.2 Å². The lowest BCUT2D eigenvalue weighted by atomic mass is 10.1. The number of aryl methyl sites for hydroxylation is 1. The summed E-state index contributed by atoms with van der Waals surface area (Å²) >= 11 is 0. The summed E-state index contributed by atoms with van der Waals surface area (Å²) in [5.74, 6) is 0.999. The van der Waals surface area contributed by atoms with Gasteiger partial charge in [-0.1, -0.05) is 13.3 Å². The predicted molar refractivity (Wildman–Crippen MR) is 105 cm³/mol. The molecule has 0 spiro atoms. The molecule has 0 unspecified atom stereocenters. The number of rotatable bonds is 13. The maximum Gasteiger partial charge on any atom is 0.343 e. The van der Waals surface area contributed by atoms with Crippen molar-refractivity contribution in [3.05, 3.63) is 53.6 Å². The van der Waals surface area contributed by atoms with Crippen molar-refractivity contribution in [2.75, 3.05) is 13.2 Å². The summed E-state index contributed by atoms with van der Waals surface area (Å²) in [6, 6.07) is 11.6. The molecule has 2 aromatic rings. The summed E-state index contributed by atoms with van der Waals surface area (Å²) < 4.78 is 20.6. The zero-order valence-corrected chi connectivity index (χ0v) is 16.3. The van der Waals surface area contributed by atoms with Crippen LogP contribution in [0, 0.1) is 0 Å². The topological polar surface area (TPSA) is 88.1 Å². The maximum atomic E-state index is 12.5. The lowest BCUT2D eigenvalue weighted by molar-refractivity contribution is -0.128. The molecule has 0 radical (unpaired) electrons. The second-order valence-corrected chi connectivity index (χ2v) is 6.17. The van der Waals surface area contributed by atoms with E-state index in [9.17, 15) is 14.4 Å². The Bertz CT molecular complexity index is 799. The van der Waals surface area contributed by atoms with E-state index in [1.165, 1.54) is 0 Å². The first-order valence-electron chi connectivity index (χ1n) is 9.41. The van der Waals surface area contributed by atoms with Crippen LogP contribution in [-0.4, -0.2) is 32.1 Å². The van der Waals surface area contributed by atoms with Gasteiger partial charge in [-0.3, -0.25) is 9.59 Å². The fourth-order valence-corrected chi connectivity index (χ4v) is 2.62. The number of carbonyl (C=O) groups is 3. The van der Waals surface area contributed by atoms with Crippen LogP contribution in [0.25, 0.3) is 0 Å². The van der Waals surface area contributed by atoms with Gasteiger partial charge in [-0.25, -0.2) is 4.79 Å². The minimum absolute atomic E-state index is 0.360. The molecule has 7 nitrogen and oxygen atoms in total. The average molecular weight is 400 g/mol. The average Bonchev–Trinajstić information content (AvgIpc) is 2.73. The Morgan fingerprint density at radius 3 is 2.34 bits per heavy atom. The first-order valence-corrected chi connectivity index (χ1v) is 9.41. The van der Waals surface area contributed by atoms with Crippen LogP contribution in [-0.2, 0) is 20.7 Å². The molecule has 0 aliphatic heterocycles. The normalized spacial score (nSPS) is 10.1. The lowest BCUT2D eigenvalue weighted by Crippen LogP contribution is -2.10. The molecule has 29 heavy (non-hydrogen) atoms. The predicted octanol–water partition coefficient (Wildman–Crippen LogP) is 3.73. The summed E-state index contributed by atoms with van der Waals surface area (Å²) in [4.78, 5) is 33.0. The zero-order valence-electron chi connectivity index (χ0n) is 16.3. The van der Waals surface area contributed by atoms with Gasteiger partial charge in [0.2, 0.25) is 0 Å². The maximum absolute atomic E-state index is 12.5. The van der Waals surface area contributed by atoms with E-state index >= 15 is 0 Å². The fourth-order valence-electron chi connectivity index (χ4n) is 2.62. The van der Waals surface area contributed by atoms with E-state index < -0.39 is 5.97 Å². The largest absolute Gasteiger partial charge is 0.494 e. The highest BCUT2D eigenvalue weighted by Gasteiger charge is 2.13. The van der Waals surface area contributed by atoms with E-state index in [0.717, 1.165) is 24.8 Å². The van der Waals surface area contributed by atoms with Crippen LogP contribution in [0.2, 0.25) is 0 Å². The van der Waals surface area contributed by atoms with Gasteiger partial charge in [-0.2, -0.15) is 0 Å². The van der Waals surface area contributed by atoms with Crippen molar-refractivity contribution in [3.63, 3.8) is 0 Å². The SMILES string of the molecule is CCCc1cc(OC=O)ccc1OC(=O)c1ccc(OCCCCOC=O)cc1. The van der Waals surface area contributed by atoms with Crippen molar-refractivity contribution in [2.45, 2.75) is 32.6 Å². The third-order valence-electron chi connectivity index (χ3n) is 4.02. The number of hydrogen-bond donors (Lipinski definition) is 0. The molecule has 0 saturated carbocycles. The Morgan fingerprint density at radius 2 is 1.66 bits per heavy atom. The second kappa shape index (κ2) is 12.2. The molecule has 0 fully saturated rings. The quantitative estimate of drug-likeness (QED) is 0.219. The van der Waals surface area contributed by atoms with E-state index in [4.69, 9.17) is 14.2 Å². The summed E-state index contributed by atoms with van der Waals surface area (Å²) in [5.41, 5.74) is 1.19. The van der Waals surface area contributed by atoms with Crippen LogP contribution in [0.4, 0.5) is 0 Å². The van der Waals surface area contributed by atoms with Crippen LogP contribution < -0.4 is 14.2 Å². The molecular weight excluding hydrogens is 376 g/mol. The van der Waals surface area contributed by atoms with Crippen LogP contribution in [0.3, 0.4) is 0 Å². The van der Waals surface area contributed by atoms with Crippen LogP contribution in [0.15, 0.2) is 42.5 Å². The van der Waals surface area contributed by atoms with Crippen LogP contribution >= 0.6 is 0 Å². The number of benzene rings is 2. The standard InChI is InChI=1S/C22H24O7/c1-2-5-18-14-20(28-16-24)10-11-21(18)29-22(25)17-6-8-19(9-7-17)27-13-4-3-12-26-15-23/h6-11,14-16H,2-5,12-13H2,1H3. The van der Waals surface area contributed by atoms with E-state index in [2.05, 4.69) is 4.74 Å². The van der Waals surface area contributed by atoms with Crippen molar-refractivity contribution in [2.24, 2.45) is 0 Å². The van der Waals surface area contributed by atoms with Crippen LogP contribution in [0.1, 0.15) is 42.1 Å². The molecule has 0 saturated heterocycles. The van der Waals surface area contributed by atoms with Crippen LogP contribution in [0.5, 0.6) is 17.2 Å². The number of ether oxygens (including phenoxy) is 4. The molecule has 0 aliphatic carbocycles. The van der Waals surface area contributed by atoms with Crippen molar-refractivity contribution in [1.29, 1.82) is 0 Å². The van der Waals surface area contributed by atoms with E-state index in [-0.39, 0.29) is 0 Å². The van der Waals surface area contributed by atoms with Gasteiger partial charge in [0, 0.05) is 0 Å². The molecule has 0 bridgehead atoms. The molecule has 0 N–H and O–H groups in total. The van der Waals surface area contributed by atoms with E-state index in [0.29, 0.717) is 55.4 Å². The highest BCUT2D eigenvalue weighted by Crippen LogP contribution is 2.26. The molecule has 0 atom stereocenters. The van der Waals surface area contributed by atoms with E-state index in [1.807, 2.05) is 6.92 Å². The first kappa shape index (κ1) is 21.9. The monoisotopic (exact) mass is 400 g/mol. The minimum atomic E-state index is -0.482. The smallest absolute Gasteiger partial charge is 0.343 e. The molecule has 0 aromatic heterocycles. The molecule has 0 heterocycles. The fraction of sp³-hybridized carbons (Fsp3) is 0.318. The van der Waals surface area contributed by atoms with Crippen molar-refractivity contribution >= 4 is 18.9 Å². The Hall–Kier alpha value is -3.35. The van der Waals surface area contributed by atoms with Crippen molar-refractivity contribution < 1.29 is 33.3 Å². The summed E-state index contributed by atoms with van der Waals surface area (Å²) in [6.07, 6.45) is 3.01. The van der Waals surface area contributed by atoms with Gasteiger partial charge in [-0.05, 0) is 67.3 Å². The highest BCUT2D eigenvalue weighted by atomic mass is 16.5. The molecule has 0 amide bonds. The molecular formula is C22H24O7. The Morgan fingerprint density at radius 1 is 0.931 bits per heavy atom. The molecule has 154 valence electrons. The van der Waals surface area contributed by atoms with Gasteiger partial charge >= 0.3 is 5.97 Å². The molecule has 0 aliphatic rings. The number of esters is 1. The van der Waals surface area contributed by atoms with Crippen molar-refractivity contribution in [1.82, 2.24) is 0 Å². The van der Waals surface area contributed by atoms with Gasteiger partial charge in [0.15, 0.2) is 0 Å². The Kier molecular flexibility index (Phi) is 9.21. The number of unbranched alkanes of at least 4 members (excludes halogenated alkanes) is 1. The Balaban J connectivity index is 1.93. The van der Waals surface area contributed by atoms with Gasteiger partial charge in [0.25, 0.3) is 12.9 Å². The molecule has 2 rings (SSSR count). The summed E-state index contributed by atoms with van der Waals surface area (Å²) in [7, 11) is 0. The number of carbonyl (C=O) groups excluding carboxylic acids is 3. The third-order valence-corrected chi connectivity index (χ3v) is 4.02. The molecule has 2 aromatic carbocycles. The highest BCUT2D eigenvalue weighted by molar-refractivity contribution is 5.91. The Labute approximate surface area is 169 Å². The first-order chi connectivity index (χ1) is 14.2. The van der Waals surface area contributed by atoms with Gasteiger partial charge < -0.3 is 18.9 Å². The second-order valence-electron chi connectivity index (χ2n) is 6.17.